The van der Waals surface area contributed by atoms with E-state index in [1.165, 1.54) is 71.0 Å². The van der Waals surface area contributed by atoms with Crippen LogP contribution in [-0.2, 0) is 5.41 Å². The summed E-state index contributed by atoms with van der Waals surface area (Å²) in [6.07, 6.45) is 8.53. The third-order valence-corrected chi connectivity index (χ3v) is 9.78. The van der Waals surface area contributed by atoms with Crippen LogP contribution in [0.3, 0.4) is 0 Å². The van der Waals surface area contributed by atoms with E-state index in [0.29, 0.717) is 0 Å². The summed E-state index contributed by atoms with van der Waals surface area (Å²) in [6, 6.07) is 33.8. The van der Waals surface area contributed by atoms with Crippen LogP contribution in [0.15, 0.2) is 127 Å². The van der Waals surface area contributed by atoms with Gasteiger partial charge in [-0.3, -0.25) is 0 Å². The molecule has 1 aromatic heterocycles. The van der Waals surface area contributed by atoms with Crippen molar-refractivity contribution in [2.45, 2.75) is 24.2 Å². The molecular formula is C38H29NS. The molecule has 0 unspecified atom stereocenters. The van der Waals surface area contributed by atoms with Gasteiger partial charge in [-0.25, -0.2) is 0 Å². The fourth-order valence-corrected chi connectivity index (χ4v) is 7.98. The average Bonchev–Trinajstić information content (AvgIpc) is 3.47. The third kappa shape index (κ3) is 3.17. The molecule has 1 aliphatic carbocycles. The third-order valence-electron chi connectivity index (χ3n) is 8.77. The van der Waals surface area contributed by atoms with E-state index < -0.39 is 0 Å². The van der Waals surface area contributed by atoms with Crippen molar-refractivity contribution in [1.82, 2.24) is 4.57 Å². The van der Waals surface area contributed by atoms with Crippen LogP contribution in [0.25, 0.3) is 55.0 Å². The quantitative estimate of drug-likeness (QED) is 0.204. The largest absolute Gasteiger partial charge is 0.309 e. The smallest absolute Gasteiger partial charge is 0.0623 e. The van der Waals surface area contributed by atoms with Gasteiger partial charge >= 0.3 is 0 Å². The van der Waals surface area contributed by atoms with Crippen molar-refractivity contribution in [3.8, 4) is 16.8 Å². The highest BCUT2D eigenvalue weighted by molar-refractivity contribution is 7.99. The average molecular weight is 532 g/mol. The van der Waals surface area contributed by atoms with Crippen molar-refractivity contribution >= 4 is 49.9 Å². The number of rotatable bonds is 1. The zero-order valence-electron chi connectivity index (χ0n) is 22.7. The minimum Gasteiger partial charge on any atom is -0.309 e. The standard InChI is InChI=1S/C38H29NS/c1-24-13-5-4-12-22-40-33-23-25(20-21-26(24)33)39-32-19-11-9-17-30(32)35-36-34(27-14-6-7-15-28(27)37(35)39)29-16-8-10-18-31(29)38(36,2)3/h4-21,23H,1,22H2,2-3H3/b12-4-,13-5-. The Balaban J connectivity index is 1.54. The van der Waals surface area contributed by atoms with Crippen molar-refractivity contribution < 1.29 is 0 Å². The number of para-hydroxylation sites is 1. The van der Waals surface area contributed by atoms with E-state index in [1.54, 1.807) is 0 Å². The SMILES string of the molecule is C=C1/C=C\C=C/CSc2cc(-n3c4ccccc4c4c5c(c6ccccc6c43)-c3ccccc3C5(C)C)ccc21. The fraction of sp³-hybridized carbons (Fsp3) is 0.105. The minimum atomic E-state index is -0.111. The van der Waals surface area contributed by atoms with Crippen molar-refractivity contribution in [2.75, 3.05) is 5.75 Å². The summed E-state index contributed by atoms with van der Waals surface area (Å²) in [5.74, 6) is 0.935. The van der Waals surface area contributed by atoms with Gasteiger partial charge in [0.2, 0.25) is 0 Å². The molecule has 0 saturated heterocycles. The van der Waals surface area contributed by atoms with Crippen LogP contribution < -0.4 is 0 Å². The molecule has 0 atom stereocenters. The highest BCUT2D eigenvalue weighted by Gasteiger charge is 2.39. The van der Waals surface area contributed by atoms with Gasteiger partial charge in [-0.1, -0.05) is 118 Å². The van der Waals surface area contributed by atoms with E-state index >= 15 is 0 Å². The van der Waals surface area contributed by atoms with Gasteiger partial charge in [0.15, 0.2) is 0 Å². The van der Waals surface area contributed by atoms with Gasteiger partial charge in [0, 0.05) is 37.9 Å². The molecule has 1 aliphatic heterocycles. The van der Waals surface area contributed by atoms with Crippen LogP contribution in [0, 0.1) is 0 Å². The molecule has 1 nitrogen and oxygen atoms in total. The second kappa shape index (κ2) is 8.61. The first-order valence-electron chi connectivity index (χ1n) is 13.9. The maximum Gasteiger partial charge on any atom is 0.0623 e. The number of nitrogens with zero attached hydrogens (tertiary/aromatic N) is 1. The maximum atomic E-state index is 4.37. The van der Waals surface area contributed by atoms with Gasteiger partial charge in [-0.05, 0) is 57.0 Å². The topological polar surface area (TPSA) is 4.93 Å². The second-order valence-corrected chi connectivity index (χ2v) is 12.4. The Morgan fingerprint density at radius 3 is 2.40 bits per heavy atom. The molecule has 2 aliphatic rings. The lowest BCUT2D eigenvalue weighted by molar-refractivity contribution is 0.667. The lowest BCUT2D eigenvalue weighted by Gasteiger charge is -2.23. The predicted molar refractivity (Wildman–Crippen MR) is 174 cm³/mol. The molecule has 40 heavy (non-hydrogen) atoms. The second-order valence-electron chi connectivity index (χ2n) is 11.3. The summed E-state index contributed by atoms with van der Waals surface area (Å²) >= 11 is 1.88. The van der Waals surface area contributed by atoms with Crippen molar-refractivity contribution in [2.24, 2.45) is 0 Å². The minimum absolute atomic E-state index is 0.111. The van der Waals surface area contributed by atoms with Gasteiger partial charge in [0.05, 0.1) is 11.0 Å². The van der Waals surface area contributed by atoms with E-state index in [0.717, 1.165) is 11.3 Å². The van der Waals surface area contributed by atoms with E-state index in [4.69, 9.17) is 0 Å². The Kier molecular flexibility index (Phi) is 5.08. The maximum absolute atomic E-state index is 4.37. The van der Waals surface area contributed by atoms with Crippen LogP contribution in [0.5, 0.6) is 0 Å². The number of benzene rings is 5. The molecule has 0 radical (unpaired) electrons. The number of allylic oxidation sites excluding steroid dienone is 4. The van der Waals surface area contributed by atoms with E-state index in [1.807, 2.05) is 11.8 Å². The molecule has 8 rings (SSSR count). The predicted octanol–water partition coefficient (Wildman–Crippen LogP) is 10.5. The molecule has 2 heterocycles. The lowest BCUT2D eigenvalue weighted by atomic mass is 9.79. The summed E-state index contributed by atoms with van der Waals surface area (Å²) in [5, 5.41) is 5.31. The molecule has 0 spiro atoms. The normalized spacial score (nSPS) is 17.2. The molecule has 0 bridgehead atoms. The van der Waals surface area contributed by atoms with E-state index in [-0.39, 0.29) is 5.41 Å². The first-order chi connectivity index (χ1) is 19.6. The first-order valence-corrected chi connectivity index (χ1v) is 14.9. The Hall–Kier alpha value is -4.27. The van der Waals surface area contributed by atoms with Crippen LogP contribution in [0.1, 0.15) is 30.5 Å². The Labute approximate surface area is 239 Å². The zero-order chi connectivity index (χ0) is 27.0. The molecule has 0 N–H and O–H groups in total. The Bertz CT molecular complexity index is 2100. The number of hydrogen-bond donors (Lipinski definition) is 0. The van der Waals surface area contributed by atoms with Gasteiger partial charge in [-0.2, -0.15) is 0 Å². The van der Waals surface area contributed by atoms with E-state index in [9.17, 15) is 0 Å². The molecule has 0 saturated carbocycles. The molecule has 192 valence electrons. The molecule has 6 aromatic rings. The van der Waals surface area contributed by atoms with Crippen molar-refractivity contribution in [1.29, 1.82) is 0 Å². The summed E-state index contributed by atoms with van der Waals surface area (Å²) in [7, 11) is 0. The van der Waals surface area contributed by atoms with Crippen LogP contribution >= 0.6 is 11.8 Å². The highest BCUT2D eigenvalue weighted by atomic mass is 32.2. The zero-order valence-corrected chi connectivity index (χ0v) is 23.6. The number of fused-ring (bicyclic) bond motifs is 11. The fourth-order valence-electron chi connectivity index (χ4n) is 7.04. The summed E-state index contributed by atoms with van der Waals surface area (Å²) in [4.78, 5) is 1.27. The monoisotopic (exact) mass is 531 g/mol. The van der Waals surface area contributed by atoms with Gasteiger partial charge in [-0.15, -0.1) is 11.8 Å². The molecule has 0 amide bonds. The summed E-state index contributed by atoms with van der Waals surface area (Å²) < 4.78 is 2.51. The molecule has 5 aromatic carbocycles. The van der Waals surface area contributed by atoms with Crippen LogP contribution in [0.2, 0.25) is 0 Å². The highest BCUT2D eigenvalue weighted by Crippen LogP contribution is 2.56. The summed E-state index contributed by atoms with van der Waals surface area (Å²) in [5.41, 5.74) is 11.5. The van der Waals surface area contributed by atoms with Crippen molar-refractivity contribution in [3.05, 3.63) is 139 Å². The van der Waals surface area contributed by atoms with Gasteiger partial charge < -0.3 is 4.57 Å². The van der Waals surface area contributed by atoms with Crippen LogP contribution in [-0.4, -0.2) is 10.3 Å². The first kappa shape index (κ1) is 23.6. The van der Waals surface area contributed by atoms with Crippen molar-refractivity contribution in [3.63, 3.8) is 0 Å². The summed E-state index contributed by atoms with van der Waals surface area (Å²) in [6.45, 7) is 9.16. The Morgan fingerprint density at radius 1 is 0.775 bits per heavy atom. The van der Waals surface area contributed by atoms with Crippen LogP contribution in [0.4, 0.5) is 0 Å². The van der Waals surface area contributed by atoms with Gasteiger partial charge in [0.1, 0.15) is 0 Å². The number of aromatic nitrogens is 1. The molecular weight excluding hydrogens is 502 g/mol. The Morgan fingerprint density at radius 2 is 1.52 bits per heavy atom. The lowest BCUT2D eigenvalue weighted by Crippen LogP contribution is -2.15. The van der Waals surface area contributed by atoms with E-state index in [2.05, 4.69) is 140 Å². The van der Waals surface area contributed by atoms with Gasteiger partial charge in [0.25, 0.3) is 0 Å². The number of hydrogen-bond acceptors (Lipinski definition) is 1. The number of thioether (sulfide) groups is 1. The molecule has 0 fully saturated rings. The molecule has 2 heteroatoms.